The summed E-state index contributed by atoms with van der Waals surface area (Å²) in [7, 11) is 1.65. The number of rotatable bonds is 8. The SMILES string of the molecule is COc1ccc(C(=O)N2CCN(C(c3ccccc3)c3ccccc3)CC2)cc1COc1ccccc1C(C)(C)C. The Morgan fingerprint density at radius 1 is 0.756 bits per heavy atom. The minimum Gasteiger partial charge on any atom is -0.496 e. The Balaban J connectivity index is 1.29. The molecule has 212 valence electrons. The molecule has 5 rings (SSSR count). The summed E-state index contributed by atoms with van der Waals surface area (Å²) in [4.78, 5) is 18.1. The van der Waals surface area contributed by atoms with Crippen molar-refractivity contribution in [2.24, 2.45) is 0 Å². The second-order valence-electron chi connectivity index (χ2n) is 11.6. The maximum atomic E-state index is 13.7. The lowest BCUT2D eigenvalue weighted by atomic mass is 9.86. The van der Waals surface area contributed by atoms with Gasteiger partial charge in [-0.25, -0.2) is 0 Å². The van der Waals surface area contributed by atoms with E-state index >= 15 is 0 Å². The van der Waals surface area contributed by atoms with E-state index in [4.69, 9.17) is 9.47 Å². The molecule has 0 spiro atoms. The van der Waals surface area contributed by atoms with Crippen molar-refractivity contribution in [2.75, 3.05) is 33.3 Å². The summed E-state index contributed by atoms with van der Waals surface area (Å²) in [6.07, 6.45) is 0. The summed E-state index contributed by atoms with van der Waals surface area (Å²) < 4.78 is 11.9. The molecule has 0 N–H and O–H groups in total. The zero-order valence-corrected chi connectivity index (χ0v) is 24.5. The van der Waals surface area contributed by atoms with Crippen LogP contribution < -0.4 is 9.47 Å². The molecule has 4 aromatic carbocycles. The Morgan fingerprint density at radius 2 is 1.34 bits per heavy atom. The van der Waals surface area contributed by atoms with Crippen LogP contribution in [0.25, 0.3) is 0 Å². The Kier molecular flexibility index (Phi) is 8.75. The number of piperazine rings is 1. The summed E-state index contributed by atoms with van der Waals surface area (Å²) in [5.74, 6) is 1.61. The van der Waals surface area contributed by atoms with E-state index < -0.39 is 0 Å². The van der Waals surface area contributed by atoms with Gasteiger partial charge in [0.25, 0.3) is 5.91 Å². The van der Waals surface area contributed by atoms with E-state index in [0.29, 0.717) is 31.0 Å². The molecule has 0 radical (unpaired) electrons. The molecule has 0 aliphatic carbocycles. The van der Waals surface area contributed by atoms with Gasteiger partial charge in [-0.2, -0.15) is 0 Å². The van der Waals surface area contributed by atoms with E-state index in [1.54, 1.807) is 7.11 Å². The number of benzene rings is 4. The van der Waals surface area contributed by atoms with Crippen molar-refractivity contribution in [3.8, 4) is 11.5 Å². The highest BCUT2D eigenvalue weighted by Crippen LogP contribution is 2.33. The van der Waals surface area contributed by atoms with Crippen molar-refractivity contribution in [3.63, 3.8) is 0 Å². The molecule has 0 aromatic heterocycles. The Morgan fingerprint density at radius 3 is 1.93 bits per heavy atom. The number of ether oxygens (including phenoxy) is 2. The lowest BCUT2D eigenvalue weighted by molar-refractivity contribution is 0.0597. The summed E-state index contributed by atoms with van der Waals surface area (Å²) in [5, 5.41) is 0. The predicted octanol–water partition coefficient (Wildman–Crippen LogP) is 7.12. The molecule has 0 bridgehead atoms. The standard InChI is InChI=1S/C36H40N2O3/c1-36(2,3)31-17-11-12-18-33(31)41-26-30-25-29(19-20-32(30)40-4)35(39)38-23-21-37(22-24-38)34(27-13-7-5-8-14-27)28-15-9-6-10-16-28/h5-20,25,34H,21-24,26H2,1-4H3. The van der Waals surface area contributed by atoms with Crippen LogP contribution in [0.2, 0.25) is 0 Å². The normalized spacial score (nSPS) is 14.2. The number of methoxy groups -OCH3 is 1. The average molecular weight is 549 g/mol. The van der Waals surface area contributed by atoms with Gasteiger partial charge in [-0.05, 0) is 46.4 Å². The molecule has 0 unspecified atom stereocenters. The molecule has 41 heavy (non-hydrogen) atoms. The van der Waals surface area contributed by atoms with Gasteiger partial charge in [0.15, 0.2) is 0 Å². The topological polar surface area (TPSA) is 42.0 Å². The number of para-hydroxylation sites is 1. The minimum atomic E-state index is -0.0410. The molecular weight excluding hydrogens is 508 g/mol. The third kappa shape index (κ3) is 6.63. The van der Waals surface area contributed by atoms with Crippen molar-refractivity contribution in [1.29, 1.82) is 0 Å². The first-order valence-corrected chi connectivity index (χ1v) is 14.4. The van der Waals surface area contributed by atoms with E-state index in [0.717, 1.165) is 30.0 Å². The van der Waals surface area contributed by atoms with Crippen LogP contribution in [-0.2, 0) is 12.0 Å². The molecule has 4 aromatic rings. The largest absolute Gasteiger partial charge is 0.496 e. The van der Waals surface area contributed by atoms with Crippen LogP contribution in [0.5, 0.6) is 11.5 Å². The lowest BCUT2D eigenvalue weighted by Gasteiger charge is -2.40. The van der Waals surface area contributed by atoms with Gasteiger partial charge in [0.05, 0.1) is 13.2 Å². The first-order chi connectivity index (χ1) is 19.8. The van der Waals surface area contributed by atoms with Gasteiger partial charge in [0.1, 0.15) is 18.1 Å². The van der Waals surface area contributed by atoms with Crippen molar-refractivity contribution >= 4 is 5.91 Å². The third-order valence-electron chi connectivity index (χ3n) is 7.80. The van der Waals surface area contributed by atoms with Gasteiger partial charge in [-0.15, -0.1) is 0 Å². The molecule has 5 nitrogen and oxygen atoms in total. The fourth-order valence-electron chi connectivity index (χ4n) is 5.64. The highest BCUT2D eigenvalue weighted by molar-refractivity contribution is 5.94. The monoisotopic (exact) mass is 548 g/mol. The molecule has 1 aliphatic rings. The van der Waals surface area contributed by atoms with Crippen LogP contribution in [0.1, 0.15) is 59.4 Å². The van der Waals surface area contributed by atoms with E-state index in [2.05, 4.69) is 92.4 Å². The first kappa shape index (κ1) is 28.4. The fraction of sp³-hybridized carbons (Fsp3) is 0.306. The third-order valence-corrected chi connectivity index (χ3v) is 7.80. The maximum Gasteiger partial charge on any atom is 0.253 e. The highest BCUT2D eigenvalue weighted by atomic mass is 16.5. The second kappa shape index (κ2) is 12.6. The molecule has 1 saturated heterocycles. The van der Waals surface area contributed by atoms with Gasteiger partial charge < -0.3 is 14.4 Å². The second-order valence-corrected chi connectivity index (χ2v) is 11.6. The molecule has 5 heteroatoms. The van der Waals surface area contributed by atoms with Crippen molar-refractivity contribution in [3.05, 3.63) is 131 Å². The van der Waals surface area contributed by atoms with E-state index in [1.165, 1.54) is 11.1 Å². The number of carbonyl (C=O) groups is 1. The number of carbonyl (C=O) groups excluding carboxylic acids is 1. The Bertz CT molecular complexity index is 1400. The quantitative estimate of drug-likeness (QED) is 0.235. The van der Waals surface area contributed by atoms with Crippen molar-refractivity contribution in [1.82, 2.24) is 9.80 Å². The van der Waals surface area contributed by atoms with Crippen LogP contribution in [0, 0.1) is 0 Å². The Labute approximate surface area is 244 Å². The number of amides is 1. The van der Waals surface area contributed by atoms with E-state index in [-0.39, 0.29) is 17.4 Å². The number of hydrogen-bond acceptors (Lipinski definition) is 4. The lowest BCUT2D eigenvalue weighted by Crippen LogP contribution is -2.49. The number of nitrogens with zero attached hydrogens (tertiary/aromatic N) is 2. The van der Waals surface area contributed by atoms with E-state index in [1.807, 2.05) is 41.3 Å². The van der Waals surface area contributed by atoms with Gasteiger partial charge in [-0.1, -0.05) is 99.6 Å². The fourth-order valence-corrected chi connectivity index (χ4v) is 5.64. The molecule has 0 saturated carbocycles. The average Bonchev–Trinajstić information content (AvgIpc) is 3.01. The molecule has 1 fully saturated rings. The molecule has 1 heterocycles. The van der Waals surface area contributed by atoms with Crippen LogP contribution in [0.3, 0.4) is 0 Å². The summed E-state index contributed by atoms with van der Waals surface area (Å²) in [6.45, 7) is 9.80. The maximum absolute atomic E-state index is 13.7. The minimum absolute atomic E-state index is 0.0410. The predicted molar refractivity (Wildman–Crippen MR) is 165 cm³/mol. The van der Waals surface area contributed by atoms with Crippen LogP contribution in [0.15, 0.2) is 103 Å². The summed E-state index contributed by atoms with van der Waals surface area (Å²) >= 11 is 0. The van der Waals surface area contributed by atoms with Gasteiger partial charge in [0.2, 0.25) is 0 Å². The first-order valence-electron chi connectivity index (χ1n) is 14.4. The highest BCUT2D eigenvalue weighted by Gasteiger charge is 2.29. The smallest absolute Gasteiger partial charge is 0.253 e. The van der Waals surface area contributed by atoms with Crippen molar-refractivity contribution < 1.29 is 14.3 Å². The summed E-state index contributed by atoms with van der Waals surface area (Å²) in [5.41, 5.74) is 5.16. The molecule has 0 atom stereocenters. The van der Waals surface area contributed by atoms with Gasteiger partial charge >= 0.3 is 0 Å². The molecular formula is C36H40N2O3. The van der Waals surface area contributed by atoms with Crippen LogP contribution in [-0.4, -0.2) is 49.0 Å². The van der Waals surface area contributed by atoms with Crippen LogP contribution >= 0.6 is 0 Å². The van der Waals surface area contributed by atoms with Gasteiger partial charge in [-0.3, -0.25) is 9.69 Å². The van der Waals surface area contributed by atoms with Crippen molar-refractivity contribution in [2.45, 2.75) is 38.8 Å². The molecule has 1 aliphatic heterocycles. The van der Waals surface area contributed by atoms with E-state index in [9.17, 15) is 4.79 Å². The number of hydrogen-bond donors (Lipinski definition) is 0. The zero-order valence-electron chi connectivity index (χ0n) is 24.5. The molecule has 1 amide bonds. The van der Waals surface area contributed by atoms with Gasteiger partial charge in [0, 0.05) is 37.3 Å². The summed E-state index contributed by atoms with van der Waals surface area (Å²) in [6, 6.07) is 35.2. The van der Waals surface area contributed by atoms with Crippen LogP contribution in [0.4, 0.5) is 0 Å². The zero-order chi connectivity index (χ0) is 28.8. The Hall–Kier alpha value is -4.09.